The van der Waals surface area contributed by atoms with Gasteiger partial charge in [0, 0.05) is 10.7 Å². The van der Waals surface area contributed by atoms with Crippen molar-refractivity contribution in [1.29, 1.82) is 0 Å². The van der Waals surface area contributed by atoms with E-state index in [1.54, 1.807) is 13.3 Å². The fraction of sp³-hybridized carbons (Fsp3) is 0.312. The fourth-order valence-corrected chi connectivity index (χ4v) is 2.70. The molecule has 112 valence electrons. The van der Waals surface area contributed by atoms with Crippen molar-refractivity contribution in [2.45, 2.75) is 19.4 Å². The lowest BCUT2D eigenvalue weighted by atomic mass is 10.0. The second kappa shape index (κ2) is 7.78. The molecule has 5 heteroatoms. The number of rotatable bonds is 6. The molecule has 0 fully saturated rings. The van der Waals surface area contributed by atoms with E-state index in [2.05, 4.69) is 33.2 Å². The van der Waals surface area contributed by atoms with Crippen LogP contribution in [0.1, 0.15) is 24.2 Å². The minimum absolute atomic E-state index is 0.135. The molecule has 21 heavy (non-hydrogen) atoms. The first-order valence-electron chi connectivity index (χ1n) is 6.81. The number of pyridine rings is 1. The van der Waals surface area contributed by atoms with E-state index < -0.39 is 0 Å². The van der Waals surface area contributed by atoms with Gasteiger partial charge in [-0.2, -0.15) is 0 Å². The van der Waals surface area contributed by atoms with Gasteiger partial charge in [0.1, 0.15) is 5.75 Å². The van der Waals surface area contributed by atoms with E-state index in [0.717, 1.165) is 28.9 Å². The van der Waals surface area contributed by atoms with Crippen LogP contribution in [0, 0.1) is 0 Å². The van der Waals surface area contributed by atoms with Crippen molar-refractivity contribution in [3.8, 4) is 5.75 Å². The van der Waals surface area contributed by atoms with Gasteiger partial charge in [0.05, 0.1) is 23.9 Å². The first-order valence-corrected chi connectivity index (χ1v) is 7.98. The first kappa shape index (κ1) is 16.3. The van der Waals surface area contributed by atoms with E-state index in [1.807, 2.05) is 30.3 Å². The van der Waals surface area contributed by atoms with Crippen molar-refractivity contribution < 1.29 is 4.74 Å². The predicted molar refractivity (Wildman–Crippen MR) is 90.1 cm³/mol. The van der Waals surface area contributed by atoms with Crippen molar-refractivity contribution in [2.24, 2.45) is 0 Å². The third kappa shape index (κ3) is 4.43. The van der Waals surface area contributed by atoms with Crippen molar-refractivity contribution in [3.05, 3.63) is 57.3 Å². The molecule has 1 unspecified atom stereocenters. The monoisotopic (exact) mass is 368 g/mol. The fourth-order valence-electron chi connectivity index (χ4n) is 2.18. The average molecular weight is 370 g/mol. The topological polar surface area (TPSA) is 34.1 Å². The molecule has 0 saturated heterocycles. The van der Waals surface area contributed by atoms with E-state index >= 15 is 0 Å². The van der Waals surface area contributed by atoms with E-state index in [0.29, 0.717) is 5.02 Å². The Kier molecular flexibility index (Phi) is 6.03. The van der Waals surface area contributed by atoms with E-state index in [-0.39, 0.29) is 6.04 Å². The van der Waals surface area contributed by atoms with Crippen LogP contribution in [-0.4, -0.2) is 18.6 Å². The molecule has 3 nitrogen and oxygen atoms in total. The minimum atomic E-state index is 0.135. The zero-order chi connectivity index (χ0) is 15.2. The molecule has 0 aliphatic heterocycles. The number of ether oxygens (including phenoxy) is 1. The molecule has 1 atom stereocenters. The number of hydrogen-bond donors (Lipinski definition) is 1. The maximum Gasteiger partial charge on any atom is 0.119 e. The number of aromatic nitrogens is 1. The van der Waals surface area contributed by atoms with Gasteiger partial charge in [-0.05, 0) is 48.9 Å². The molecule has 1 N–H and O–H groups in total. The number of hydrogen-bond acceptors (Lipinski definition) is 3. The van der Waals surface area contributed by atoms with Gasteiger partial charge in [-0.3, -0.25) is 4.98 Å². The van der Waals surface area contributed by atoms with Crippen LogP contribution in [0.3, 0.4) is 0 Å². The Hall–Kier alpha value is -1.10. The molecule has 0 aliphatic carbocycles. The summed E-state index contributed by atoms with van der Waals surface area (Å²) in [6.07, 6.45) is 2.50. The SMILES string of the molecule is CCNC(Cc1cc(OC)ccc1Br)c1ccc(Cl)cn1. The minimum Gasteiger partial charge on any atom is -0.497 e. The summed E-state index contributed by atoms with van der Waals surface area (Å²) in [6.45, 7) is 2.96. The summed E-state index contributed by atoms with van der Waals surface area (Å²) >= 11 is 9.51. The smallest absolute Gasteiger partial charge is 0.119 e. The highest BCUT2D eigenvalue weighted by molar-refractivity contribution is 9.10. The highest BCUT2D eigenvalue weighted by atomic mass is 79.9. The van der Waals surface area contributed by atoms with Crippen LogP contribution in [0.25, 0.3) is 0 Å². The standard InChI is InChI=1S/C16H18BrClN2O/c1-3-19-16(15-7-4-12(18)10-20-15)9-11-8-13(21-2)5-6-14(11)17/h4-8,10,16,19H,3,9H2,1-2H3. The molecule has 0 radical (unpaired) electrons. The maximum atomic E-state index is 5.91. The Morgan fingerprint density at radius 3 is 2.76 bits per heavy atom. The largest absolute Gasteiger partial charge is 0.497 e. The molecule has 1 heterocycles. The third-order valence-corrected chi connectivity index (χ3v) is 4.23. The number of halogens is 2. The van der Waals surface area contributed by atoms with Gasteiger partial charge in [-0.15, -0.1) is 0 Å². The molecule has 0 aliphatic rings. The van der Waals surface area contributed by atoms with Crippen LogP contribution in [-0.2, 0) is 6.42 Å². The number of nitrogens with one attached hydrogen (secondary N) is 1. The highest BCUT2D eigenvalue weighted by Crippen LogP contribution is 2.27. The molecular formula is C16H18BrClN2O. The summed E-state index contributed by atoms with van der Waals surface area (Å²) in [6, 6.07) is 9.96. The van der Waals surface area contributed by atoms with Crippen molar-refractivity contribution in [3.63, 3.8) is 0 Å². The van der Waals surface area contributed by atoms with Crippen molar-refractivity contribution >= 4 is 27.5 Å². The average Bonchev–Trinajstić information content (AvgIpc) is 2.49. The second-order valence-electron chi connectivity index (χ2n) is 4.67. The number of benzene rings is 1. The second-order valence-corrected chi connectivity index (χ2v) is 5.96. The van der Waals surface area contributed by atoms with Crippen LogP contribution < -0.4 is 10.1 Å². The lowest BCUT2D eigenvalue weighted by Crippen LogP contribution is -2.24. The van der Waals surface area contributed by atoms with E-state index in [9.17, 15) is 0 Å². The van der Waals surface area contributed by atoms with Gasteiger partial charge in [0.2, 0.25) is 0 Å². The number of likely N-dealkylation sites (N-methyl/N-ethyl adjacent to an activating group) is 1. The molecule has 2 rings (SSSR count). The Morgan fingerprint density at radius 1 is 1.33 bits per heavy atom. The van der Waals surface area contributed by atoms with Gasteiger partial charge in [0.15, 0.2) is 0 Å². The summed E-state index contributed by atoms with van der Waals surface area (Å²) in [4.78, 5) is 4.42. The van der Waals surface area contributed by atoms with Gasteiger partial charge in [-0.1, -0.05) is 34.5 Å². The molecule has 0 saturated carbocycles. The zero-order valence-electron chi connectivity index (χ0n) is 12.1. The number of methoxy groups -OCH3 is 1. The Morgan fingerprint density at radius 2 is 2.14 bits per heavy atom. The van der Waals surface area contributed by atoms with E-state index in [4.69, 9.17) is 16.3 Å². The third-order valence-electron chi connectivity index (χ3n) is 3.23. The van der Waals surface area contributed by atoms with Crippen LogP contribution in [0.4, 0.5) is 0 Å². The number of nitrogens with zero attached hydrogens (tertiary/aromatic N) is 1. The van der Waals surface area contributed by atoms with Crippen molar-refractivity contribution in [2.75, 3.05) is 13.7 Å². The molecule has 0 bridgehead atoms. The van der Waals surface area contributed by atoms with Crippen molar-refractivity contribution in [1.82, 2.24) is 10.3 Å². The summed E-state index contributed by atoms with van der Waals surface area (Å²) in [7, 11) is 1.68. The van der Waals surface area contributed by atoms with Gasteiger partial charge in [-0.25, -0.2) is 0 Å². The van der Waals surface area contributed by atoms with Crippen LogP contribution >= 0.6 is 27.5 Å². The maximum absolute atomic E-state index is 5.91. The van der Waals surface area contributed by atoms with E-state index in [1.165, 1.54) is 5.56 Å². The van der Waals surface area contributed by atoms with Gasteiger partial charge >= 0.3 is 0 Å². The zero-order valence-corrected chi connectivity index (χ0v) is 14.4. The normalized spacial score (nSPS) is 12.2. The van der Waals surface area contributed by atoms with Crippen LogP contribution in [0.15, 0.2) is 41.0 Å². The quantitative estimate of drug-likeness (QED) is 0.819. The van der Waals surface area contributed by atoms with Crippen LogP contribution in [0.5, 0.6) is 5.75 Å². The lowest BCUT2D eigenvalue weighted by Gasteiger charge is -2.18. The Bertz CT molecular complexity index is 589. The summed E-state index contributed by atoms with van der Waals surface area (Å²) < 4.78 is 6.37. The predicted octanol–water partition coefficient (Wildman–Crippen LogP) is 4.40. The van der Waals surface area contributed by atoms with Gasteiger partial charge < -0.3 is 10.1 Å². The lowest BCUT2D eigenvalue weighted by molar-refractivity contribution is 0.413. The van der Waals surface area contributed by atoms with Gasteiger partial charge in [0.25, 0.3) is 0 Å². The highest BCUT2D eigenvalue weighted by Gasteiger charge is 2.15. The molecule has 0 amide bonds. The summed E-state index contributed by atoms with van der Waals surface area (Å²) in [5.41, 5.74) is 2.16. The van der Waals surface area contributed by atoms with Crippen LogP contribution in [0.2, 0.25) is 5.02 Å². The molecule has 1 aromatic heterocycles. The first-order chi connectivity index (χ1) is 10.1. The Balaban J connectivity index is 2.25. The Labute approximate surface area is 138 Å². The summed E-state index contributed by atoms with van der Waals surface area (Å²) in [5.74, 6) is 0.854. The molecule has 0 spiro atoms. The molecular weight excluding hydrogens is 352 g/mol. The molecule has 1 aromatic carbocycles. The molecule has 2 aromatic rings. The summed E-state index contributed by atoms with van der Waals surface area (Å²) in [5, 5.41) is 4.11.